The van der Waals surface area contributed by atoms with Gasteiger partial charge in [0.1, 0.15) is 0 Å². The Labute approximate surface area is 197 Å². The molecule has 0 unspecified atom stereocenters. The lowest BCUT2D eigenvalue weighted by atomic mass is 10.0. The van der Waals surface area contributed by atoms with E-state index in [1.165, 1.54) is 15.9 Å². The molecule has 0 fully saturated rings. The summed E-state index contributed by atoms with van der Waals surface area (Å²) in [5.74, 6) is -0.444. The third kappa shape index (κ3) is 5.94. The molecule has 0 radical (unpaired) electrons. The van der Waals surface area contributed by atoms with Crippen LogP contribution < -0.4 is 0 Å². The van der Waals surface area contributed by atoms with Crippen LogP contribution in [0.2, 0.25) is 0 Å². The first-order valence-electron chi connectivity index (χ1n) is 10.2. The smallest absolute Gasteiger partial charge is 0.331 e. The van der Waals surface area contributed by atoms with Gasteiger partial charge in [0, 0.05) is 25.7 Å². The summed E-state index contributed by atoms with van der Waals surface area (Å²) in [5, 5.41) is 0. The lowest BCUT2D eigenvalue weighted by Crippen LogP contribution is -2.10. The third-order valence-corrected chi connectivity index (χ3v) is 6.76. The number of benzene rings is 4. The Hall–Kier alpha value is -3.21. The second-order valence-electron chi connectivity index (χ2n) is 6.99. The quantitative estimate of drug-likeness (QED) is 0.200. The van der Waals surface area contributed by atoms with Gasteiger partial charge in [-0.15, -0.1) is 0 Å². The number of carbonyl (C=O) groups is 1. The second-order valence-corrected chi connectivity index (χ2v) is 9.28. The zero-order chi connectivity index (χ0) is 22.2. The number of carbonyl (C=O) groups excluding carboxylic acids is 1. The second kappa shape index (κ2) is 10.9. The number of esters is 1. The summed E-state index contributed by atoms with van der Waals surface area (Å²) in [4.78, 5) is 16.7. The molecule has 0 amide bonds. The molecule has 32 heavy (non-hydrogen) atoms. The molecular formula is C28H22O2S2. The molecule has 2 nitrogen and oxygen atoms in total. The molecule has 0 saturated heterocycles. The summed E-state index contributed by atoms with van der Waals surface area (Å²) >= 11 is 3.40. The lowest BCUT2D eigenvalue weighted by Gasteiger charge is -2.19. The lowest BCUT2D eigenvalue weighted by molar-refractivity contribution is -0.141. The zero-order valence-corrected chi connectivity index (χ0v) is 19.0. The average molecular weight is 455 g/mol. The van der Waals surface area contributed by atoms with Crippen molar-refractivity contribution in [2.24, 2.45) is 0 Å². The minimum Gasteiger partial charge on any atom is -0.449 e. The van der Waals surface area contributed by atoms with Crippen LogP contribution in [-0.2, 0) is 9.53 Å². The molecule has 158 valence electrons. The highest BCUT2D eigenvalue weighted by Gasteiger charge is 2.18. The van der Waals surface area contributed by atoms with Crippen molar-refractivity contribution >= 4 is 29.5 Å². The summed E-state index contributed by atoms with van der Waals surface area (Å²) in [6, 6.07) is 36.8. The summed E-state index contributed by atoms with van der Waals surface area (Å²) in [7, 11) is 0. The van der Waals surface area contributed by atoms with Crippen molar-refractivity contribution in [3.05, 3.63) is 133 Å². The fourth-order valence-corrected chi connectivity index (χ4v) is 4.84. The minimum absolute atomic E-state index is 0.444. The SMILES string of the molecule is C=CC(=O)OC(c1ccc(Sc2ccccc2)cc1)c1ccc(Sc2ccccc2)cc1. The molecule has 0 spiro atoms. The van der Waals surface area contributed by atoms with Gasteiger partial charge in [0.05, 0.1) is 0 Å². The van der Waals surface area contributed by atoms with E-state index in [2.05, 4.69) is 55.1 Å². The predicted octanol–water partition coefficient (Wildman–Crippen LogP) is 7.81. The summed E-state index contributed by atoms with van der Waals surface area (Å²) in [6.45, 7) is 3.54. The third-order valence-electron chi connectivity index (χ3n) is 4.72. The molecule has 0 aliphatic rings. The molecule has 0 aliphatic carbocycles. The maximum absolute atomic E-state index is 12.0. The van der Waals surface area contributed by atoms with Gasteiger partial charge >= 0.3 is 5.97 Å². The Morgan fingerprint density at radius 2 is 1.00 bits per heavy atom. The molecule has 0 saturated carbocycles. The molecule has 0 bridgehead atoms. The van der Waals surface area contributed by atoms with Crippen molar-refractivity contribution in [2.75, 3.05) is 0 Å². The monoisotopic (exact) mass is 454 g/mol. The predicted molar refractivity (Wildman–Crippen MR) is 132 cm³/mol. The molecule has 4 heteroatoms. The molecule has 0 atom stereocenters. The zero-order valence-electron chi connectivity index (χ0n) is 17.4. The normalized spacial score (nSPS) is 10.7. The highest BCUT2D eigenvalue weighted by atomic mass is 32.2. The molecule has 0 aromatic heterocycles. The van der Waals surface area contributed by atoms with Crippen molar-refractivity contribution in [1.29, 1.82) is 0 Å². The Balaban J connectivity index is 1.54. The van der Waals surface area contributed by atoms with Gasteiger partial charge in [-0.25, -0.2) is 4.79 Å². The van der Waals surface area contributed by atoms with Gasteiger partial charge in [0.15, 0.2) is 6.10 Å². The molecule has 4 rings (SSSR count). The van der Waals surface area contributed by atoms with Gasteiger partial charge in [0.2, 0.25) is 0 Å². The largest absolute Gasteiger partial charge is 0.449 e. The van der Waals surface area contributed by atoms with Crippen molar-refractivity contribution in [3.8, 4) is 0 Å². The van der Waals surface area contributed by atoms with Crippen LogP contribution >= 0.6 is 23.5 Å². The van der Waals surface area contributed by atoms with Gasteiger partial charge < -0.3 is 4.74 Å². The van der Waals surface area contributed by atoms with E-state index in [-0.39, 0.29) is 0 Å². The van der Waals surface area contributed by atoms with Crippen LogP contribution in [-0.4, -0.2) is 5.97 Å². The molecule has 0 aliphatic heterocycles. The van der Waals surface area contributed by atoms with Crippen molar-refractivity contribution < 1.29 is 9.53 Å². The van der Waals surface area contributed by atoms with Crippen molar-refractivity contribution in [2.45, 2.75) is 25.7 Å². The molecular weight excluding hydrogens is 432 g/mol. The average Bonchev–Trinajstić information content (AvgIpc) is 2.85. The topological polar surface area (TPSA) is 26.3 Å². The first-order valence-corrected chi connectivity index (χ1v) is 11.8. The number of hydrogen-bond donors (Lipinski definition) is 0. The maximum Gasteiger partial charge on any atom is 0.331 e. The number of rotatable bonds is 8. The van der Waals surface area contributed by atoms with Crippen molar-refractivity contribution in [1.82, 2.24) is 0 Å². The van der Waals surface area contributed by atoms with Gasteiger partial charge in [-0.05, 0) is 59.7 Å². The van der Waals surface area contributed by atoms with Crippen LogP contribution in [0.25, 0.3) is 0 Å². The van der Waals surface area contributed by atoms with E-state index in [0.717, 1.165) is 20.9 Å². The van der Waals surface area contributed by atoms with Crippen LogP contribution in [0, 0.1) is 0 Å². The summed E-state index contributed by atoms with van der Waals surface area (Å²) < 4.78 is 5.72. The van der Waals surface area contributed by atoms with E-state index >= 15 is 0 Å². The molecule has 4 aromatic carbocycles. The van der Waals surface area contributed by atoms with E-state index < -0.39 is 12.1 Å². The van der Waals surface area contributed by atoms with Gasteiger partial charge in [-0.3, -0.25) is 0 Å². The first kappa shape index (κ1) is 22.0. The van der Waals surface area contributed by atoms with E-state index in [1.54, 1.807) is 23.5 Å². The van der Waals surface area contributed by atoms with E-state index in [0.29, 0.717) is 0 Å². The van der Waals surface area contributed by atoms with Gasteiger partial charge in [-0.2, -0.15) is 0 Å². The maximum atomic E-state index is 12.0. The first-order chi connectivity index (χ1) is 15.7. The van der Waals surface area contributed by atoms with Crippen molar-refractivity contribution in [3.63, 3.8) is 0 Å². The standard InChI is InChI=1S/C28H22O2S2/c1-2-27(29)30-28(21-13-17-25(18-14-21)31-23-9-5-3-6-10-23)22-15-19-26(20-16-22)32-24-11-7-4-8-12-24/h2-20,28H,1H2. The van der Waals surface area contributed by atoms with Crippen LogP contribution in [0.3, 0.4) is 0 Å². The van der Waals surface area contributed by atoms with Gasteiger partial charge in [-0.1, -0.05) is 90.8 Å². The van der Waals surface area contributed by atoms with E-state index in [1.807, 2.05) is 60.7 Å². The summed E-state index contributed by atoms with van der Waals surface area (Å²) in [5.41, 5.74) is 1.84. The van der Waals surface area contributed by atoms with Gasteiger partial charge in [0.25, 0.3) is 0 Å². The van der Waals surface area contributed by atoms with Crippen LogP contribution in [0.1, 0.15) is 17.2 Å². The molecule has 4 aromatic rings. The molecule has 0 heterocycles. The van der Waals surface area contributed by atoms with E-state index in [9.17, 15) is 4.79 Å². The Kier molecular flexibility index (Phi) is 7.49. The Bertz CT molecular complexity index is 1070. The van der Waals surface area contributed by atoms with E-state index in [4.69, 9.17) is 4.74 Å². The number of hydrogen-bond acceptors (Lipinski definition) is 4. The van der Waals surface area contributed by atoms with Crippen LogP contribution in [0.15, 0.2) is 141 Å². The summed E-state index contributed by atoms with van der Waals surface area (Å²) in [6.07, 6.45) is 0.707. The highest BCUT2D eigenvalue weighted by molar-refractivity contribution is 7.99. The van der Waals surface area contributed by atoms with Crippen LogP contribution in [0.4, 0.5) is 0 Å². The fourth-order valence-electron chi connectivity index (χ4n) is 3.16. The minimum atomic E-state index is -0.493. The fraction of sp³-hybridized carbons (Fsp3) is 0.0357. The Morgan fingerprint density at radius 1 is 0.625 bits per heavy atom. The molecule has 0 N–H and O–H groups in total. The Morgan fingerprint density at radius 3 is 1.38 bits per heavy atom. The highest BCUT2D eigenvalue weighted by Crippen LogP contribution is 2.33. The number of ether oxygens (including phenoxy) is 1. The van der Waals surface area contributed by atoms with Crippen LogP contribution in [0.5, 0.6) is 0 Å².